The van der Waals surface area contributed by atoms with Gasteiger partial charge in [-0.15, -0.1) is 0 Å². The van der Waals surface area contributed by atoms with Crippen molar-refractivity contribution in [1.82, 2.24) is 19.1 Å². The second-order valence-corrected chi connectivity index (χ2v) is 7.24. The Hall–Kier alpha value is -3.32. The van der Waals surface area contributed by atoms with Crippen LogP contribution in [0, 0.1) is 0 Å². The minimum atomic E-state index is -0.491. The fraction of sp³-hybridized carbons (Fsp3) is 0.190. The molecule has 0 atom stereocenters. The number of H-pyrrole nitrogens is 1. The predicted octanol–water partition coefficient (Wildman–Crippen LogP) is 2.78. The van der Waals surface area contributed by atoms with Gasteiger partial charge in [-0.3, -0.25) is 18.9 Å². The summed E-state index contributed by atoms with van der Waals surface area (Å²) in [5.41, 5.74) is 1.91. The van der Waals surface area contributed by atoms with Crippen molar-refractivity contribution in [2.45, 2.75) is 13.0 Å². The molecule has 0 radical (unpaired) electrons. The van der Waals surface area contributed by atoms with E-state index in [0.29, 0.717) is 35.2 Å². The number of aromatic amines is 1. The molecule has 0 spiro atoms. The van der Waals surface area contributed by atoms with Crippen molar-refractivity contribution in [3.05, 3.63) is 91.6 Å². The van der Waals surface area contributed by atoms with Crippen LogP contribution in [0.4, 0.5) is 5.95 Å². The number of halogens is 1. The molecule has 4 rings (SSSR count). The minimum absolute atomic E-state index is 0.343. The van der Waals surface area contributed by atoms with E-state index in [0.717, 1.165) is 12.0 Å². The Kier molecular flexibility index (Phi) is 5.22. The van der Waals surface area contributed by atoms with Gasteiger partial charge in [-0.1, -0.05) is 54.1 Å². The third kappa shape index (κ3) is 3.95. The molecule has 2 N–H and O–H groups in total. The van der Waals surface area contributed by atoms with Gasteiger partial charge in [0.1, 0.15) is 0 Å². The van der Waals surface area contributed by atoms with E-state index in [1.807, 2.05) is 30.3 Å². The zero-order valence-electron chi connectivity index (χ0n) is 15.9. The molecule has 7 nitrogen and oxygen atoms in total. The molecule has 148 valence electrons. The van der Waals surface area contributed by atoms with Gasteiger partial charge in [-0.25, -0.2) is 4.79 Å². The average molecular weight is 410 g/mol. The van der Waals surface area contributed by atoms with Crippen LogP contribution >= 0.6 is 11.6 Å². The van der Waals surface area contributed by atoms with Crippen LogP contribution in [0.1, 0.15) is 11.1 Å². The summed E-state index contributed by atoms with van der Waals surface area (Å²) < 4.78 is 3.14. The Balaban J connectivity index is 1.72. The summed E-state index contributed by atoms with van der Waals surface area (Å²) in [7, 11) is 1.59. The fourth-order valence-corrected chi connectivity index (χ4v) is 3.39. The molecule has 0 fully saturated rings. The van der Waals surface area contributed by atoms with E-state index in [1.54, 1.807) is 23.7 Å². The number of aromatic nitrogens is 4. The van der Waals surface area contributed by atoms with E-state index >= 15 is 0 Å². The van der Waals surface area contributed by atoms with E-state index in [-0.39, 0.29) is 0 Å². The molecule has 2 aromatic carbocycles. The van der Waals surface area contributed by atoms with Crippen molar-refractivity contribution < 1.29 is 0 Å². The Bertz CT molecular complexity index is 1260. The standard InChI is InChI=1S/C21H20ClN5O2/c1-26-18-17(19(28)25-21(26)29)27(13-15-7-9-16(22)10-8-15)20(24-18)23-12-11-14-5-3-2-4-6-14/h2-10H,11-13H2,1H3,(H,23,24)(H,25,28,29). The Morgan fingerprint density at radius 2 is 1.76 bits per heavy atom. The van der Waals surface area contributed by atoms with Crippen molar-refractivity contribution in [1.29, 1.82) is 0 Å². The molecule has 4 aromatic rings. The van der Waals surface area contributed by atoms with Crippen molar-refractivity contribution in [2.24, 2.45) is 7.05 Å². The maximum absolute atomic E-state index is 12.5. The van der Waals surface area contributed by atoms with Gasteiger partial charge < -0.3 is 5.32 Å². The summed E-state index contributed by atoms with van der Waals surface area (Å²) in [6.07, 6.45) is 0.806. The maximum Gasteiger partial charge on any atom is 0.329 e. The number of nitrogens with one attached hydrogen (secondary N) is 2. The molecule has 2 aromatic heterocycles. The smallest absolute Gasteiger partial charge is 0.329 e. The first-order valence-corrected chi connectivity index (χ1v) is 9.62. The average Bonchev–Trinajstić information content (AvgIpc) is 3.08. The van der Waals surface area contributed by atoms with Crippen molar-refractivity contribution in [3.63, 3.8) is 0 Å². The van der Waals surface area contributed by atoms with E-state index < -0.39 is 11.2 Å². The van der Waals surface area contributed by atoms with Gasteiger partial charge in [0.2, 0.25) is 5.95 Å². The first-order chi connectivity index (χ1) is 14.0. The number of benzene rings is 2. The van der Waals surface area contributed by atoms with Gasteiger partial charge in [-0.05, 0) is 29.7 Å². The Labute approximate surface area is 171 Å². The molecule has 0 aliphatic carbocycles. The summed E-state index contributed by atoms with van der Waals surface area (Å²) in [4.78, 5) is 31.4. The van der Waals surface area contributed by atoms with Crippen LogP contribution in [0.2, 0.25) is 5.02 Å². The number of fused-ring (bicyclic) bond motifs is 1. The van der Waals surface area contributed by atoms with E-state index in [1.165, 1.54) is 10.1 Å². The molecule has 0 amide bonds. The van der Waals surface area contributed by atoms with Crippen molar-refractivity contribution >= 4 is 28.7 Å². The van der Waals surface area contributed by atoms with Crippen LogP contribution in [0.3, 0.4) is 0 Å². The second kappa shape index (κ2) is 7.97. The van der Waals surface area contributed by atoms with Crippen LogP contribution in [0.15, 0.2) is 64.2 Å². The number of aryl methyl sites for hydroxylation is 1. The van der Waals surface area contributed by atoms with Crippen molar-refractivity contribution in [3.8, 4) is 0 Å². The lowest BCUT2D eigenvalue weighted by molar-refractivity contribution is 0.804. The van der Waals surface area contributed by atoms with Gasteiger partial charge in [0.05, 0.1) is 6.54 Å². The fourth-order valence-electron chi connectivity index (χ4n) is 3.26. The van der Waals surface area contributed by atoms with Crippen molar-refractivity contribution in [2.75, 3.05) is 11.9 Å². The highest BCUT2D eigenvalue weighted by Gasteiger charge is 2.17. The highest BCUT2D eigenvalue weighted by atomic mass is 35.5. The van der Waals surface area contributed by atoms with Gasteiger partial charge >= 0.3 is 5.69 Å². The third-order valence-corrected chi connectivity index (χ3v) is 5.05. The molecule has 2 heterocycles. The lowest BCUT2D eigenvalue weighted by Crippen LogP contribution is -2.29. The molecular formula is C21H20ClN5O2. The molecule has 0 unspecified atom stereocenters. The Morgan fingerprint density at radius 3 is 2.48 bits per heavy atom. The number of rotatable bonds is 6. The lowest BCUT2D eigenvalue weighted by atomic mass is 10.1. The zero-order valence-corrected chi connectivity index (χ0v) is 16.6. The predicted molar refractivity (Wildman–Crippen MR) is 115 cm³/mol. The molecule has 0 bridgehead atoms. The molecule has 0 aliphatic heterocycles. The first-order valence-electron chi connectivity index (χ1n) is 9.25. The summed E-state index contributed by atoms with van der Waals surface area (Å²) in [5, 5.41) is 3.96. The SMILES string of the molecule is Cn1c(=O)[nH]c(=O)c2c1nc(NCCc1ccccc1)n2Cc1ccc(Cl)cc1. The normalized spacial score (nSPS) is 11.1. The van der Waals surface area contributed by atoms with E-state index in [9.17, 15) is 9.59 Å². The van der Waals surface area contributed by atoms with Gasteiger partial charge in [0.25, 0.3) is 5.56 Å². The summed E-state index contributed by atoms with van der Waals surface area (Å²) in [6, 6.07) is 17.5. The zero-order chi connectivity index (χ0) is 20.4. The topological polar surface area (TPSA) is 84.7 Å². The summed E-state index contributed by atoms with van der Waals surface area (Å²) in [6.45, 7) is 1.06. The molecule has 0 saturated heterocycles. The molecular weight excluding hydrogens is 390 g/mol. The molecule has 0 saturated carbocycles. The number of anilines is 1. The maximum atomic E-state index is 12.5. The summed E-state index contributed by atoms with van der Waals surface area (Å²) in [5.74, 6) is 0.539. The first kappa shape index (κ1) is 19.0. The molecule has 8 heteroatoms. The van der Waals surface area contributed by atoms with Gasteiger partial charge in [0, 0.05) is 18.6 Å². The highest BCUT2D eigenvalue weighted by Crippen LogP contribution is 2.19. The van der Waals surface area contributed by atoms with Crippen LogP contribution < -0.4 is 16.6 Å². The van der Waals surface area contributed by atoms with E-state index in [2.05, 4.69) is 27.4 Å². The van der Waals surface area contributed by atoms with Gasteiger partial charge in [0.15, 0.2) is 11.2 Å². The van der Waals surface area contributed by atoms with Crippen LogP contribution in [-0.2, 0) is 20.0 Å². The number of imidazole rings is 1. The number of hydrogen-bond acceptors (Lipinski definition) is 4. The number of hydrogen-bond donors (Lipinski definition) is 2. The molecule has 29 heavy (non-hydrogen) atoms. The summed E-state index contributed by atoms with van der Waals surface area (Å²) >= 11 is 5.99. The highest BCUT2D eigenvalue weighted by molar-refractivity contribution is 6.30. The molecule has 0 aliphatic rings. The van der Waals surface area contributed by atoms with Crippen LogP contribution in [0.5, 0.6) is 0 Å². The Morgan fingerprint density at radius 1 is 1.03 bits per heavy atom. The minimum Gasteiger partial charge on any atom is -0.355 e. The number of nitrogens with zero attached hydrogens (tertiary/aromatic N) is 3. The van der Waals surface area contributed by atoms with Crippen LogP contribution in [-0.4, -0.2) is 25.6 Å². The largest absolute Gasteiger partial charge is 0.355 e. The second-order valence-electron chi connectivity index (χ2n) is 6.80. The lowest BCUT2D eigenvalue weighted by Gasteiger charge is -2.11. The quantitative estimate of drug-likeness (QED) is 0.513. The third-order valence-electron chi connectivity index (χ3n) is 4.80. The monoisotopic (exact) mass is 409 g/mol. The van der Waals surface area contributed by atoms with Gasteiger partial charge in [-0.2, -0.15) is 4.98 Å². The van der Waals surface area contributed by atoms with Crippen LogP contribution in [0.25, 0.3) is 11.2 Å². The van der Waals surface area contributed by atoms with E-state index in [4.69, 9.17) is 11.6 Å².